The van der Waals surface area contributed by atoms with Crippen LogP contribution in [0.4, 0.5) is 9.80 Å². The van der Waals surface area contributed by atoms with Crippen LogP contribution in [-0.4, -0.2) is 41.4 Å². The van der Waals surface area contributed by atoms with Gasteiger partial charge in [-0.2, -0.15) is 9.47 Å². The number of carbonyl (C=O) groups excluding carboxylic acids is 2. The Morgan fingerprint density at radius 3 is 2.86 bits per heavy atom. The van der Waals surface area contributed by atoms with Gasteiger partial charge in [0.05, 0.1) is 23.6 Å². The molecule has 2 heterocycles. The lowest BCUT2D eigenvalue weighted by Crippen LogP contribution is -2.42. The summed E-state index contributed by atoms with van der Waals surface area (Å²) in [7, 11) is 0. The predicted octanol–water partition coefficient (Wildman–Crippen LogP) is 2.70. The van der Waals surface area contributed by atoms with Crippen LogP contribution in [0.1, 0.15) is 25.1 Å². The minimum Gasteiger partial charge on any atom is -0.485 e. The highest BCUT2D eigenvalue weighted by Crippen LogP contribution is 2.31. The topological polar surface area (TPSA) is 111 Å². The third-order valence-electron chi connectivity index (χ3n) is 3.85. The Labute approximate surface area is 165 Å². The van der Waals surface area contributed by atoms with Crippen LogP contribution in [0.25, 0.3) is 0 Å². The Bertz CT molecular complexity index is 911. The number of anilines is 1. The number of benzene rings is 1. The normalized spacial score (nSPS) is 15.7. The molecule has 0 fully saturated rings. The number of para-hydroxylation sites is 2. The monoisotopic (exact) mass is 404 g/mol. The third kappa shape index (κ3) is 4.39. The second kappa shape index (κ2) is 8.70. The van der Waals surface area contributed by atoms with Gasteiger partial charge in [0.15, 0.2) is 11.5 Å². The van der Waals surface area contributed by atoms with Crippen LogP contribution in [0.3, 0.4) is 0 Å². The number of carbonyl (C=O) groups is 2. The number of aromatic nitrogens is 1. The molecule has 148 valence electrons. The standard InChI is InChI=1S/C18H20N4O5S/c1-4-25-18(24)19-17-15(11(3)22-28-17)10(2)20-21-16(23)14-9-26-12-7-5-6-8-13(12)27-14/h5-8,14H,4,9H2,1-3H3,(H,19,24)(H,21,23)/b20-10+/t14-/m1/s1. The molecule has 1 aromatic carbocycles. The summed E-state index contributed by atoms with van der Waals surface area (Å²) >= 11 is 1.11. The Morgan fingerprint density at radius 2 is 2.11 bits per heavy atom. The number of nitrogens with zero attached hydrogens (tertiary/aromatic N) is 2. The summed E-state index contributed by atoms with van der Waals surface area (Å²) in [6.07, 6.45) is -1.39. The van der Waals surface area contributed by atoms with Crippen LogP contribution in [0, 0.1) is 6.92 Å². The number of nitrogens with one attached hydrogen (secondary N) is 2. The van der Waals surface area contributed by atoms with E-state index < -0.39 is 18.1 Å². The number of ether oxygens (including phenoxy) is 3. The molecule has 0 bridgehead atoms. The summed E-state index contributed by atoms with van der Waals surface area (Å²) in [6, 6.07) is 7.14. The van der Waals surface area contributed by atoms with Gasteiger partial charge < -0.3 is 14.2 Å². The van der Waals surface area contributed by atoms with Crippen molar-refractivity contribution in [1.29, 1.82) is 0 Å². The molecule has 1 aliphatic rings. The van der Waals surface area contributed by atoms with Crippen molar-refractivity contribution in [2.24, 2.45) is 5.10 Å². The molecule has 0 saturated heterocycles. The minimum absolute atomic E-state index is 0.0894. The lowest BCUT2D eigenvalue weighted by molar-refractivity contribution is -0.130. The van der Waals surface area contributed by atoms with Crippen molar-refractivity contribution in [2.45, 2.75) is 26.9 Å². The molecule has 9 nitrogen and oxygen atoms in total. The molecular weight excluding hydrogens is 384 g/mol. The van der Waals surface area contributed by atoms with Crippen LogP contribution in [0.2, 0.25) is 0 Å². The van der Waals surface area contributed by atoms with Gasteiger partial charge in [-0.05, 0) is 44.4 Å². The molecule has 1 aliphatic heterocycles. The molecule has 0 unspecified atom stereocenters. The fraction of sp³-hybridized carbons (Fsp3) is 0.333. The molecule has 0 spiro atoms. The van der Waals surface area contributed by atoms with Crippen LogP contribution >= 0.6 is 11.5 Å². The van der Waals surface area contributed by atoms with Gasteiger partial charge >= 0.3 is 6.09 Å². The summed E-state index contributed by atoms with van der Waals surface area (Å²) in [6.45, 7) is 5.57. The molecule has 28 heavy (non-hydrogen) atoms. The van der Waals surface area contributed by atoms with Crippen molar-refractivity contribution in [1.82, 2.24) is 9.80 Å². The molecule has 0 saturated carbocycles. The average Bonchev–Trinajstić information content (AvgIpc) is 3.05. The number of hydrogen-bond donors (Lipinski definition) is 2. The first-order valence-corrected chi connectivity index (χ1v) is 9.40. The maximum atomic E-state index is 12.4. The van der Waals surface area contributed by atoms with Gasteiger partial charge in [0, 0.05) is 0 Å². The van der Waals surface area contributed by atoms with Gasteiger partial charge in [0.25, 0.3) is 5.91 Å². The number of amides is 2. The van der Waals surface area contributed by atoms with E-state index in [1.807, 2.05) is 6.07 Å². The van der Waals surface area contributed by atoms with Gasteiger partial charge in [-0.15, -0.1) is 0 Å². The van der Waals surface area contributed by atoms with E-state index in [2.05, 4.69) is 20.2 Å². The zero-order chi connectivity index (χ0) is 20.1. The first-order valence-electron chi connectivity index (χ1n) is 8.62. The van der Waals surface area contributed by atoms with Crippen molar-refractivity contribution < 1.29 is 23.8 Å². The summed E-state index contributed by atoms with van der Waals surface area (Å²) in [4.78, 5) is 24.1. The van der Waals surface area contributed by atoms with E-state index in [0.717, 1.165) is 11.5 Å². The van der Waals surface area contributed by atoms with Crippen LogP contribution in [-0.2, 0) is 9.53 Å². The molecule has 2 aromatic rings. The SMILES string of the molecule is CCOC(=O)Nc1snc(C)c1/C(C)=N/NC(=O)[C@H]1COc2ccccc2O1. The molecule has 1 aromatic heterocycles. The Kier molecular flexibility index (Phi) is 6.09. The van der Waals surface area contributed by atoms with E-state index in [0.29, 0.717) is 33.5 Å². The van der Waals surface area contributed by atoms with E-state index in [1.54, 1.807) is 39.0 Å². The van der Waals surface area contributed by atoms with Crippen LogP contribution in [0.5, 0.6) is 11.5 Å². The molecule has 2 amide bonds. The van der Waals surface area contributed by atoms with Gasteiger partial charge in [-0.3, -0.25) is 10.1 Å². The predicted molar refractivity (Wildman–Crippen MR) is 104 cm³/mol. The van der Waals surface area contributed by atoms with Gasteiger partial charge in [-0.1, -0.05) is 12.1 Å². The Morgan fingerprint density at radius 1 is 1.36 bits per heavy atom. The lowest BCUT2D eigenvalue weighted by atomic mass is 10.2. The fourth-order valence-corrected chi connectivity index (χ4v) is 3.39. The maximum absolute atomic E-state index is 12.4. The van der Waals surface area contributed by atoms with Gasteiger partial charge in [0.1, 0.15) is 11.6 Å². The van der Waals surface area contributed by atoms with E-state index in [4.69, 9.17) is 14.2 Å². The van der Waals surface area contributed by atoms with E-state index >= 15 is 0 Å². The fourth-order valence-electron chi connectivity index (χ4n) is 2.56. The smallest absolute Gasteiger partial charge is 0.412 e. The van der Waals surface area contributed by atoms with E-state index in [1.165, 1.54) is 0 Å². The molecular formula is C18H20N4O5S. The third-order valence-corrected chi connectivity index (χ3v) is 4.70. The first-order chi connectivity index (χ1) is 13.5. The minimum atomic E-state index is -0.815. The number of fused-ring (bicyclic) bond motifs is 1. The number of hydrogen-bond acceptors (Lipinski definition) is 8. The highest BCUT2D eigenvalue weighted by molar-refractivity contribution is 7.11. The summed E-state index contributed by atoms with van der Waals surface area (Å²) in [5, 5.41) is 7.26. The number of rotatable bonds is 5. The summed E-state index contributed by atoms with van der Waals surface area (Å²) < 4.78 is 20.3. The second-order valence-corrected chi connectivity index (χ2v) is 6.63. The highest BCUT2D eigenvalue weighted by atomic mass is 32.1. The van der Waals surface area contributed by atoms with Crippen molar-refractivity contribution in [3.8, 4) is 11.5 Å². The molecule has 0 radical (unpaired) electrons. The zero-order valence-corrected chi connectivity index (χ0v) is 16.5. The lowest BCUT2D eigenvalue weighted by Gasteiger charge is -2.24. The quantitative estimate of drug-likeness (QED) is 0.585. The van der Waals surface area contributed by atoms with Gasteiger partial charge in [0.2, 0.25) is 6.10 Å². The molecule has 0 aliphatic carbocycles. The maximum Gasteiger partial charge on any atom is 0.412 e. The van der Waals surface area contributed by atoms with Crippen LogP contribution in [0.15, 0.2) is 29.4 Å². The van der Waals surface area contributed by atoms with E-state index in [9.17, 15) is 9.59 Å². The molecule has 3 rings (SSSR count). The molecule has 10 heteroatoms. The van der Waals surface area contributed by atoms with Crippen molar-refractivity contribution in [3.63, 3.8) is 0 Å². The van der Waals surface area contributed by atoms with Crippen molar-refractivity contribution in [3.05, 3.63) is 35.5 Å². The highest BCUT2D eigenvalue weighted by Gasteiger charge is 2.27. The first kappa shape index (κ1) is 19.6. The van der Waals surface area contributed by atoms with Gasteiger partial charge in [-0.25, -0.2) is 10.2 Å². The zero-order valence-electron chi connectivity index (χ0n) is 15.6. The van der Waals surface area contributed by atoms with Crippen LogP contribution < -0.4 is 20.2 Å². The molecule has 2 N–H and O–H groups in total. The second-order valence-electron chi connectivity index (χ2n) is 5.86. The Hall–Kier alpha value is -3.14. The largest absolute Gasteiger partial charge is 0.485 e. The van der Waals surface area contributed by atoms with Crippen molar-refractivity contribution >= 4 is 34.2 Å². The number of hydrazone groups is 1. The number of aryl methyl sites for hydroxylation is 1. The molecule has 1 atom stereocenters. The average molecular weight is 404 g/mol. The summed E-state index contributed by atoms with van der Waals surface area (Å²) in [5.74, 6) is 0.670. The summed E-state index contributed by atoms with van der Waals surface area (Å²) in [5.41, 5.74) is 4.28. The Balaban J connectivity index is 1.67. The van der Waals surface area contributed by atoms with E-state index in [-0.39, 0.29) is 13.2 Å². The van der Waals surface area contributed by atoms with Crippen molar-refractivity contribution in [2.75, 3.05) is 18.5 Å².